The molecule has 1 nitrogen and oxygen atoms in total. The predicted molar refractivity (Wildman–Crippen MR) is 78.9 cm³/mol. The Morgan fingerprint density at radius 1 is 1.35 bits per heavy atom. The van der Waals surface area contributed by atoms with Crippen molar-refractivity contribution in [2.24, 2.45) is 0 Å². The van der Waals surface area contributed by atoms with Gasteiger partial charge in [-0.2, -0.15) is 0 Å². The molecule has 0 amide bonds. The Morgan fingerprint density at radius 2 is 2.12 bits per heavy atom. The summed E-state index contributed by atoms with van der Waals surface area (Å²) in [5.74, 6) is 0. The zero-order valence-electron chi connectivity index (χ0n) is 11.4. The van der Waals surface area contributed by atoms with Gasteiger partial charge in [0.25, 0.3) is 0 Å². The van der Waals surface area contributed by atoms with Gasteiger partial charge in [0.15, 0.2) is 0 Å². The van der Waals surface area contributed by atoms with Gasteiger partial charge in [0.05, 0.1) is 0 Å². The maximum atomic E-state index is 3.76. The van der Waals surface area contributed by atoms with Crippen LogP contribution < -0.4 is 5.32 Å². The van der Waals surface area contributed by atoms with Gasteiger partial charge in [-0.1, -0.05) is 18.9 Å². The zero-order chi connectivity index (χ0) is 12.7. The van der Waals surface area contributed by atoms with Gasteiger partial charge in [-0.25, -0.2) is 0 Å². The number of unbranched alkanes of at least 4 members (excludes halogenated alkanes) is 3. The van der Waals surface area contributed by atoms with Crippen LogP contribution in [0, 0.1) is 13.8 Å². The van der Waals surface area contributed by atoms with E-state index in [1.54, 1.807) is 0 Å². The highest BCUT2D eigenvalue weighted by Gasteiger charge is 2.12. The monoisotopic (exact) mass is 251 g/mol. The lowest BCUT2D eigenvalue weighted by molar-refractivity contribution is 0.514. The van der Waals surface area contributed by atoms with E-state index in [-0.39, 0.29) is 0 Å². The van der Waals surface area contributed by atoms with E-state index in [9.17, 15) is 0 Å². The standard InChI is InChI=1S/C15H25NS/c1-5-6-7-8-9-10-14(16-4)15-11-12(2)13(3)17-15/h5,11,14,16H,1,6-10H2,2-4H3. The molecule has 2 heteroatoms. The largest absolute Gasteiger partial charge is 0.312 e. The van der Waals surface area contributed by atoms with Gasteiger partial charge in [0.1, 0.15) is 0 Å². The van der Waals surface area contributed by atoms with Crippen LogP contribution in [-0.4, -0.2) is 7.05 Å². The van der Waals surface area contributed by atoms with Gasteiger partial charge in [-0.3, -0.25) is 0 Å². The summed E-state index contributed by atoms with van der Waals surface area (Å²) in [6, 6.07) is 2.88. The number of aryl methyl sites for hydroxylation is 2. The second-order valence-electron chi connectivity index (χ2n) is 4.66. The lowest BCUT2D eigenvalue weighted by Gasteiger charge is -2.14. The minimum absolute atomic E-state index is 0.538. The van der Waals surface area contributed by atoms with E-state index in [4.69, 9.17) is 0 Å². The third kappa shape index (κ3) is 4.64. The van der Waals surface area contributed by atoms with E-state index in [2.05, 4.69) is 38.9 Å². The van der Waals surface area contributed by atoms with E-state index in [0.717, 1.165) is 6.42 Å². The van der Waals surface area contributed by atoms with Crippen molar-refractivity contribution in [3.8, 4) is 0 Å². The van der Waals surface area contributed by atoms with Crippen molar-refractivity contribution in [1.29, 1.82) is 0 Å². The number of nitrogens with one attached hydrogen (secondary N) is 1. The molecule has 1 heterocycles. The summed E-state index contributed by atoms with van der Waals surface area (Å²) in [4.78, 5) is 2.94. The molecular formula is C15H25NS. The Balaban J connectivity index is 2.40. The van der Waals surface area contributed by atoms with E-state index >= 15 is 0 Å². The summed E-state index contributed by atoms with van der Waals surface area (Å²) in [5.41, 5.74) is 1.43. The molecule has 1 rings (SSSR count). The Hall–Kier alpha value is -0.600. The topological polar surface area (TPSA) is 12.0 Å². The quantitative estimate of drug-likeness (QED) is 0.519. The fourth-order valence-corrected chi connectivity index (χ4v) is 3.20. The zero-order valence-corrected chi connectivity index (χ0v) is 12.2. The summed E-state index contributed by atoms with van der Waals surface area (Å²) in [6.45, 7) is 8.17. The van der Waals surface area contributed by atoms with Crippen LogP contribution >= 0.6 is 11.3 Å². The van der Waals surface area contributed by atoms with Gasteiger partial charge in [-0.15, -0.1) is 17.9 Å². The molecule has 0 aromatic carbocycles. The molecule has 0 bridgehead atoms. The smallest absolute Gasteiger partial charge is 0.0412 e. The summed E-state index contributed by atoms with van der Waals surface area (Å²) >= 11 is 1.94. The highest BCUT2D eigenvalue weighted by atomic mass is 32.1. The van der Waals surface area contributed by atoms with E-state index in [1.807, 2.05) is 17.4 Å². The summed E-state index contributed by atoms with van der Waals surface area (Å²) in [5, 5.41) is 3.44. The van der Waals surface area contributed by atoms with Crippen molar-refractivity contribution >= 4 is 11.3 Å². The fourth-order valence-electron chi connectivity index (χ4n) is 2.02. The van der Waals surface area contributed by atoms with Crippen molar-refractivity contribution in [2.45, 2.75) is 52.0 Å². The van der Waals surface area contributed by atoms with E-state index in [0.29, 0.717) is 6.04 Å². The summed E-state index contributed by atoms with van der Waals surface area (Å²) in [7, 11) is 2.07. The average molecular weight is 251 g/mol. The third-order valence-corrected chi connectivity index (χ3v) is 4.54. The van der Waals surface area contributed by atoms with Crippen LogP contribution in [0.3, 0.4) is 0 Å². The third-order valence-electron chi connectivity index (χ3n) is 3.28. The lowest BCUT2D eigenvalue weighted by atomic mass is 10.1. The first-order valence-electron chi connectivity index (χ1n) is 6.54. The first-order valence-corrected chi connectivity index (χ1v) is 7.35. The molecule has 1 aromatic heterocycles. The van der Waals surface area contributed by atoms with Crippen LogP contribution in [0.15, 0.2) is 18.7 Å². The maximum absolute atomic E-state index is 3.76. The molecule has 17 heavy (non-hydrogen) atoms. The fraction of sp³-hybridized carbons (Fsp3) is 0.600. The molecule has 0 radical (unpaired) electrons. The predicted octanol–water partition coefficient (Wildman–Crippen LogP) is 4.76. The Kier molecular flexibility index (Phi) is 6.53. The van der Waals surface area contributed by atoms with Crippen LogP contribution in [0.2, 0.25) is 0 Å². The van der Waals surface area contributed by atoms with Crippen LogP contribution in [0.5, 0.6) is 0 Å². The SMILES string of the molecule is C=CCCCCCC(NC)c1cc(C)c(C)s1. The molecule has 0 aliphatic rings. The molecule has 1 atom stereocenters. The van der Waals surface area contributed by atoms with Crippen molar-refractivity contribution in [3.63, 3.8) is 0 Å². The minimum atomic E-state index is 0.538. The van der Waals surface area contributed by atoms with Gasteiger partial charge in [0.2, 0.25) is 0 Å². The molecular weight excluding hydrogens is 226 g/mol. The van der Waals surface area contributed by atoms with Gasteiger partial charge >= 0.3 is 0 Å². The molecule has 1 N–H and O–H groups in total. The molecule has 0 fully saturated rings. The number of hydrogen-bond acceptors (Lipinski definition) is 2. The molecule has 96 valence electrons. The first-order chi connectivity index (χ1) is 8.19. The van der Waals surface area contributed by atoms with Gasteiger partial charge in [-0.05, 0) is 51.8 Å². The second-order valence-corrected chi connectivity index (χ2v) is 5.94. The van der Waals surface area contributed by atoms with Crippen molar-refractivity contribution in [1.82, 2.24) is 5.32 Å². The Labute approximate surface area is 110 Å². The lowest BCUT2D eigenvalue weighted by Crippen LogP contribution is -2.14. The first kappa shape index (κ1) is 14.5. The van der Waals surface area contributed by atoms with Crippen molar-refractivity contribution < 1.29 is 0 Å². The molecule has 0 aliphatic carbocycles. The van der Waals surface area contributed by atoms with Crippen LogP contribution in [0.25, 0.3) is 0 Å². The molecule has 0 saturated heterocycles. The molecule has 1 aromatic rings. The van der Waals surface area contributed by atoms with E-state index < -0.39 is 0 Å². The highest BCUT2D eigenvalue weighted by Crippen LogP contribution is 2.29. The average Bonchev–Trinajstić information content (AvgIpc) is 2.64. The second kappa shape index (κ2) is 7.67. The number of allylic oxidation sites excluding steroid dienone is 1. The molecule has 1 unspecified atom stereocenters. The van der Waals surface area contributed by atoms with Gasteiger partial charge < -0.3 is 5.32 Å². The number of thiophene rings is 1. The van der Waals surface area contributed by atoms with Crippen molar-refractivity contribution in [3.05, 3.63) is 34.0 Å². The highest BCUT2D eigenvalue weighted by molar-refractivity contribution is 7.12. The van der Waals surface area contributed by atoms with Crippen LogP contribution in [-0.2, 0) is 0 Å². The molecule has 0 aliphatic heterocycles. The minimum Gasteiger partial charge on any atom is -0.312 e. The van der Waals surface area contributed by atoms with Crippen LogP contribution in [0.1, 0.15) is 53.5 Å². The van der Waals surface area contributed by atoms with Crippen LogP contribution in [0.4, 0.5) is 0 Å². The molecule has 0 spiro atoms. The number of hydrogen-bond donors (Lipinski definition) is 1. The summed E-state index contributed by atoms with van der Waals surface area (Å²) < 4.78 is 0. The Morgan fingerprint density at radius 3 is 2.65 bits per heavy atom. The normalized spacial score (nSPS) is 12.6. The van der Waals surface area contributed by atoms with E-state index in [1.165, 1.54) is 41.0 Å². The van der Waals surface area contributed by atoms with Crippen molar-refractivity contribution in [2.75, 3.05) is 7.05 Å². The van der Waals surface area contributed by atoms with Gasteiger partial charge in [0, 0.05) is 15.8 Å². The molecule has 0 saturated carbocycles. The maximum Gasteiger partial charge on any atom is 0.0412 e. The Bertz CT molecular complexity index is 321. The summed E-state index contributed by atoms with van der Waals surface area (Å²) in [6.07, 6.45) is 8.31. The number of rotatable bonds is 8.